The first-order chi connectivity index (χ1) is 9.76. The van der Waals surface area contributed by atoms with Crippen molar-refractivity contribution in [2.75, 3.05) is 36.0 Å². The summed E-state index contributed by atoms with van der Waals surface area (Å²) in [6.07, 6.45) is 1.83. The SMILES string of the molecule is Cc1cc(C#N)nc(N2CCN(c3nccs3)CC2)n1. The van der Waals surface area contributed by atoms with E-state index in [4.69, 9.17) is 5.26 Å². The number of thiazole rings is 1. The first kappa shape index (κ1) is 12.8. The summed E-state index contributed by atoms with van der Waals surface area (Å²) in [5, 5.41) is 12.0. The van der Waals surface area contributed by atoms with E-state index in [9.17, 15) is 0 Å². The van der Waals surface area contributed by atoms with Gasteiger partial charge in [-0.3, -0.25) is 0 Å². The monoisotopic (exact) mass is 286 g/mol. The van der Waals surface area contributed by atoms with Gasteiger partial charge in [0.05, 0.1) is 0 Å². The molecule has 1 aliphatic rings. The summed E-state index contributed by atoms with van der Waals surface area (Å²) < 4.78 is 0. The van der Waals surface area contributed by atoms with Crippen LogP contribution in [0.3, 0.4) is 0 Å². The first-order valence-corrected chi connectivity index (χ1v) is 7.29. The Hall–Kier alpha value is -2.20. The Morgan fingerprint density at radius 3 is 2.60 bits per heavy atom. The lowest BCUT2D eigenvalue weighted by atomic mass is 10.3. The van der Waals surface area contributed by atoms with E-state index in [1.807, 2.05) is 18.5 Å². The highest BCUT2D eigenvalue weighted by Crippen LogP contribution is 2.20. The summed E-state index contributed by atoms with van der Waals surface area (Å²) in [7, 11) is 0. The second-order valence-electron chi connectivity index (χ2n) is 4.60. The van der Waals surface area contributed by atoms with E-state index in [0.29, 0.717) is 11.6 Å². The average Bonchev–Trinajstić information content (AvgIpc) is 3.01. The molecular weight excluding hydrogens is 272 g/mol. The minimum atomic E-state index is 0.426. The van der Waals surface area contributed by atoms with Crippen LogP contribution in [0.1, 0.15) is 11.4 Å². The molecule has 3 rings (SSSR count). The first-order valence-electron chi connectivity index (χ1n) is 6.41. The maximum Gasteiger partial charge on any atom is 0.226 e. The molecule has 2 aromatic rings. The number of nitrogens with zero attached hydrogens (tertiary/aromatic N) is 6. The molecule has 7 heteroatoms. The van der Waals surface area contributed by atoms with Crippen molar-refractivity contribution in [1.29, 1.82) is 5.26 Å². The average molecular weight is 286 g/mol. The van der Waals surface area contributed by atoms with Crippen LogP contribution in [0.5, 0.6) is 0 Å². The molecule has 2 aromatic heterocycles. The molecule has 1 aliphatic heterocycles. The van der Waals surface area contributed by atoms with Crippen LogP contribution in [0.25, 0.3) is 0 Å². The van der Waals surface area contributed by atoms with Crippen LogP contribution in [0.15, 0.2) is 17.6 Å². The molecule has 0 radical (unpaired) electrons. The normalized spacial score (nSPS) is 15.2. The number of rotatable bonds is 2. The lowest BCUT2D eigenvalue weighted by Gasteiger charge is -2.34. The highest BCUT2D eigenvalue weighted by molar-refractivity contribution is 7.13. The molecule has 0 atom stereocenters. The molecule has 0 amide bonds. The molecule has 0 aromatic carbocycles. The van der Waals surface area contributed by atoms with E-state index in [1.54, 1.807) is 17.4 Å². The van der Waals surface area contributed by atoms with Gasteiger partial charge in [0.15, 0.2) is 5.13 Å². The molecule has 1 saturated heterocycles. The number of anilines is 2. The summed E-state index contributed by atoms with van der Waals surface area (Å²) in [6.45, 7) is 5.36. The maximum absolute atomic E-state index is 8.98. The van der Waals surface area contributed by atoms with E-state index in [0.717, 1.165) is 37.0 Å². The minimum absolute atomic E-state index is 0.426. The number of hydrogen-bond acceptors (Lipinski definition) is 7. The quantitative estimate of drug-likeness (QED) is 0.832. The number of nitriles is 1. The van der Waals surface area contributed by atoms with Crippen molar-refractivity contribution in [3.05, 3.63) is 29.0 Å². The van der Waals surface area contributed by atoms with Crippen LogP contribution < -0.4 is 9.80 Å². The van der Waals surface area contributed by atoms with Crippen LogP contribution in [0.4, 0.5) is 11.1 Å². The van der Waals surface area contributed by atoms with Crippen LogP contribution in [0.2, 0.25) is 0 Å². The lowest BCUT2D eigenvalue weighted by Crippen LogP contribution is -2.47. The van der Waals surface area contributed by atoms with Gasteiger partial charge in [-0.25, -0.2) is 15.0 Å². The molecule has 1 fully saturated rings. The molecule has 6 nitrogen and oxygen atoms in total. The van der Waals surface area contributed by atoms with E-state index >= 15 is 0 Å². The van der Waals surface area contributed by atoms with Gasteiger partial charge in [0.2, 0.25) is 5.95 Å². The molecule has 20 heavy (non-hydrogen) atoms. The van der Waals surface area contributed by atoms with Crippen LogP contribution >= 0.6 is 11.3 Å². The van der Waals surface area contributed by atoms with E-state index in [2.05, 4.69) is 30.8 Å². The van der Waals surface area contributed by atoms with Gasteiger partial charge >= 0.3 is 0 Å². The fourth-order valence-corrected chi connectivity index (χ4v) is 2.92. The third kappa shape index (κ3) is 2.56. The number of hydrogen-bond donors (Lipinski definition) is 0. The van der Waals surface area contributed by atoms with Crippen molar-refractivity contribution in [3.8, 4) is 6.07 Å². The minimum Gasteiger partial charge on any atom is -0.345 e. The molecule has 0 spiro atoms. The number of piperazine rings is 1. The van der Waals surface area contributed by atoms with Gasteiger partial charge in [-0.2, -0.15) is 5.26 Å². The molecule has 0 aliphatic carbocycles. The fourth-order valence-electron chi connectivity index (χ4n) is 2.22. The number of aromatic nitrogens is 3. The van der Waals surface area contributed by atoms with Gasteiger partial charge in [-0.15, -0.1) is 11.3 Å². The summed E-state index contributed by atoms with van der Waals surface area (Å²) in [5.74, 6) is 0.653. The smallest absolute Gasteiger partial charge is 0.226 e. The topological polar surface area (TPSA) is 68.9 Å². The molecule has 0 saturated carbocycles. The Bertz CT molecular complexity index is 625. The van der Waals surface area contributed by atoms with Gasteiger partial charge in [-0.05, 0) is 13.0 Å². The fraction of sp³-hybridized carbons (Fsp3) is 0.385. The van der Waals surface area contributed by atoms with Crippen molar-refractivity contribution < 1.29 is 0 Å². The summed E-state index contributed by atoms with van der Waals surface area (Å²) in [4.78, 5) is 17.4. The molecule has 0 N–H and O–H groups in total. The predicted octanol–water partition coefficient (Wildman–Crippen LogP) is 1.44. The van der Waals surface area contributed by atoms with Crippen molar-refractivity contribution in [2.24, 2.45) is 0 Å². The van der Waals surface area contributed by atoms with E-state index in [1.165, 1.54) is 0 Å². The Morgan fingerprint density at radius 1 is 1.20 bits per heavy atom. The highest BCUT2D eigenvalue weighted by atomic mass is 32.1. The van der Waals surface area contributed by atoms with Crippen LogP contribution in [0, 0.1) is 18.3 Å². The second-order valence-corrected chi connectivity index (χ2v) is 5.47. The molecule has 102 valence electrons. The summed E-state index contributed by atoms with van der Waals surface area (Å²) in [5.41, 5.74) is 1.25. The molecule has 3 heterocycles. The Morgan fingerprint density at radius 2 is 1.95 bits per heavy atom. The predicted molar refractivity (Wildman–Crippen MR) is 78.0 cm³/mol. The zero-order chi connectivity index (χ0) is 13.9. The zero-order valence-corrected chi connectivity index (χ0v) is 12.0. The maximum atomic E-state index is 8.98. The van der Waals surface area contributed by atoms with Gasteiger partial charge in [-0.1, -0.05) is 0 Å². The van der Waals surface area contributed by atoms with Crippen molar-refractivity contribution in [3.63, 3.8) is 0 Å². The summed E-state index contributed by atoms with van der Waals surface area (Å²) >= 11 is 1.66. The highest BCUT2D eigenvalue weighted by Gasteiger charge is 2.20. The lowest BCUT2D eigenvalue weighted by molar-refractivity contribution is 0.637. The Balaban J connectivity index is 1.72. The van der Waals surface area contributed by atoms with Crippen molar-refractivity contribution >= 4 is 22.4 Å². The van der Waals surface area contributed by atoms with Gasteiger partial charge in [0, 0.05) is 43.4 Å². The number of aryl methyl sites for hydroxylation is 1. The van der Waals surface area contributed by atoms with E-state index in [-0.39, 0.29) is 0 Å². The summed E-state index contributed by atoms with van der Waals surface area (Å²) in [6, 6.07) is 3.79. The Labute approximate surface area is 121 Å². The van der Waals surface area contributed by atoms with Crippen LogP contribution in [-0.2, 0) is 0 Å². The van der Waals surface area contributed by atoms with Gasteiger partial charge in [0.25, 0.3) is 0 Å². The Kier molecular flexibility index (Phi) is 3.48. The third-order valence-corrected chi connectivity index (χ3v) is 4.04. The molecule has 0 unspecified atom stereocenters. The van der Waals surface area contributed by atoms with Crippen LogP contribution in [-0.4, -0.2) is 41.1 Å². The van der Waals surface area contributed by atoms with Gasteiger partial charge in [0.1, 0.15) is 11.8 Å². The zero-order valence-electron chi connectivity index (χ0n) is 11.2. The molecular formula is C13H14N6S. The second kappa shape index (κ2) is 5.43. The largest absolute Gasteiger partial charge is 0.345 e. The third-order valence-electron chi connectivity index (χ3n) is 3.21. The van der Waals surface area contributed by atoms with Gasteiger partial charge < -0.3 is 9.80 Å². The van der Waals surface area contributed by atoms with E-state index < -0.39 is 0 Å². The standard InChI is InChI=1S/C13H14N6S/c1-10-8-11(9-14)17-12(16-10)18-3-5-19(6-4-18)13-15-2-7-20-13/h2,7-8H,3-6H2,1H3. The van der Waals surface area contributed by atoms with Crippen molar-refractivity contribution in [2.45, 2.75) is 6.92 Å². The van der Waals surface area contributed by atoms with Crippen molar-refractivity contribution in [1.82, 2.24) is 15.0 Å². The molecule has 0 bridgehead atoms.